The predicted octanol–water partition coefficient (Wildman–Crippen LogP) is 3.33. The fourth-order valence-corrected chi connectivity index (χ4v) is 2.70. The van der Waals surface area contributed by atoms with E-state index in [1.165, 1.54) is 0 Å². The van der Waals surface area contributed by atoms with Crippen molar-refractivity contribution in [2.75, 3.05) is 7.05 Å². The molecule has 2 heterocycles. The van der Waals surface area contributed by atoms with Crippen LogP contribution >= 0.6 is 22.9 Å². The molecule has 0 unspecified atom stereocenters. The van der Waals surface area contributed by atoms with Crippen LogP contribution in [0.15, 0.2) is 17.5 Å². The molecule has 20 heavy (non-hydrogen) atoms. The van der Waals surface area contributed by atoms with Crippen molar-refractivity contribution in [3.05, 3.63) is 44.6 Å². The molecule has 0 spiro atoms. The van der Waals surface area contributed by atoms with Gasteiger partial charge in [0.05, 0.1) is 17.2 Å². The maximum absolute atomic E-state index is 12.4. The monoisotopic (exact) mass is 309 g/mol. The van der Waals surface area contributed by atoms with Gasteiger partial charge in [-0.25, -0.2) is 9.97 Å². The van der Waals surface area contributed by atoms with Crippen LogP contribution < -0.4 is 0 Å². The van der Waals surface area contributed by atoms with Gasteiger partial charge in [-0.2, -0.15) is 0 Å². The molecule has 106 valence electrons. The van der Waals surface area contributed by atoms with Crippen molar-refractivity contribution in [3.8, 4) is 0 Å². The number of rotatable bonds is 4. The Morgan fingerprint density at radius 3 is 2.70 bits per heavy atom. The third-order valence-electron chi connectivity index (χ3n) is 2.87. The summed E-state index contributed by atoms with van der Waals surface area (Å²) < 4.78 is 0. The van der Waals surface area contributed by atoms with E-state index in [1.54, 1.807) is 35.4 Å². The first-order chi connectivity index (χ1) is 9.49. The third kappa shape index (κ3) is 3.55. The lowest BCUT2D eigenvalue weighted by atomic mass is 10.2. The Labute approximate surface area is 127 Å². The number of hydrogen-bond acceptors (Lipinski definition) is 4. The second-order valence-corrected chi connectivity index (χ2v) is 5.99. The summed E-state index contributed by atoms with van der Waals surface area (Å²) in [5.74, 6) is -0.0744. The van der Waals surface area contributed by atoms with Gasteiger partial charge in [-0.3, -0.25) is 4.79 Å². The SMILES string of the molecule is CCc1cc(C(=O)N(C)Cc2csc(C)n2)cc(Cl)n1. The number of aromatic nitrogens is 2. The highest BCUT2D eigenvalue weighted by Gasteiger charge is 2.15. The zero-order valence-corrected chi connectivity index (χ0v) is 13.3. The van der Waals surface area contributed by atoms with Crippen LogP contribution in [0.1, 0.15) is 33.7 Å². The number of amides is 1. The van der Waals surface area contributed by atoms with Crippen LogP contribution in [0.3, 0.4) is 0 Å². The summed E-state index contributed by atoms with van der Waals surface area (Å²) >= 11 is 7.53. The molecule has 0 saturated carbocycles. The van der Waals surface area contributed by atoms with Crippen molar-refractivity contribution in [2.24, 2.45) is 0 Å². The molecule has 0 N–H and O–H groups in total. The Kier molecular flexibility index (Phi) is 4.73. The molecule has 0 bridgehead atoms. The van der Waals surface area contributed by atoms with Gasteiger partial charge >= 0.3 is 0 Å². The quantitative estimate of drug-likeness (QED) is 0.814. The molecule has 0 atom stereocenters. The minimum atomic E-state index is -0.0744. The smallest absolute Gasteiger partial charge is 0.254 e. The normalized spacial score (nSPS) is 10.6. The summed E-state index contributed by atoms with van der Waals surface area (Å²) in [6.07, 6.45) is 0.746. The summed E-state index contributed by atoms with van der Waals surface area (Å²) in [6, 6.07) is 3.39. The number of thiazole rings is 1. The number of pyridine rings is 1. The lowest BCUT2D eigenvalue weighted by molar-refractivity contribution is 0.0783. The van der Waals surface area contributed by atoms with Crippen LogP contribution in [-0.2, 0) is 13.0 Å². The molecule has 2 aromatic rings. The topological polar surface area (TPSA) is 46.1 Å². The minimum Gasteiger partial charge on any atom is -0.336 e. The lowest BCUT2D eigenvalue weighted by Gasteiger charge is -2.16. The first kappa shape index (κ1) is 14.9. The Hall–Kier alpha value is -1.46. The highest BCUT2D eigenvalue weighted by molar-refractivity contribution is 7.09. The van der Waals surface area contributed by atoms with Crippen molar-refractivity contribution in [3.63, 3.8) is 0 Å². The molecule has 0 radical (unpaired) electrons. The van der Waals surface area contributed by atoms with E-state index in [2.05, 4.69) is 9.97 Å². The number of aryl methyl sites for hydroxylation is 2. The molecule has 1 amide bonds. The Morgan fingerprint density at radius 2 is 2.10 bits per heavy atom. The standard InChI is InChI=1S/C14H16ClN3OS/c1-4-11-5-10(6-13(15)17-11)14(19)18(3)7-12-8-20-9(2)16-12/h5-6,8H,4,7H2,1-3H3. The largest absolute Gasteiger partial charge is 0.336 e. The first-order valence-corrected chi connectivity index (χ1v) is 7.58. The van der Waals surface area contributed by atoms with Gasteiger partial charge in [0.15, 0.2) is 0 Å². The Morgan fingerprint density at radius 1 is 1.35 bits per heavy atom. The van der Waals surface area contributed by atoms with Gasteiger partial charge in [-0.1, -0.05) is 18.5 Å². The Bertz CT molecular complexity index is 627. The summed E-state index contributed by atoms with van der Waals surface area (Å²) in [5, 5.41) is 3.32. The fourth-order valence-electron chi connectivity index (χ4n) is 1.87. The highest BCUT2D eigenvalue weighted by atomic mass is 35.5. The van der Waals surface area contributed by atoms with Crippen molar-refractivity contribution >= 4 is 28.8 Å². The van der Waals surface area contributed by atoms with Crippen LogP contribution in [0, 0.1) is 6.92 Å². The molecule has 0 saturated heterocycles. The van der Waals surface area contributed by atoms with Crippen LogP contribution in [-0.4, -0.2) is 27.8 Å². The second kappa shape index (κ2) is 6.33. The number of carbonyl (C=O) groups excluding carboxylic acids is 1. The van der Waals surface area contributed by atoms with E-state index in [4.69, 9.17) is 11.6 Å². The molecule has 0 aliphatic rings. The van der Waals surface area contributed by atoms with Crippen LogP contribution in [0.5, 0.6) is 0 Å². The van der Waals surface area contributed by atoms with E-state index in [-0.39, 0.29) is 5.91 Å². The first-order valence-electron chi connectivity index (χ1n) is 6.32. The minimum absolute atomic E-state index is 0.0744. The summed E-state index contributed by atoms with van der Waals surface area (Å²) in [6.45, 7) is 4.42. The predicted molar refractivity (Wildman–Crippen MR) is 81.3 cm³/mol. The van der Waals surface area contributed by atoms with Gasteiger partial charge in [-0.15, -0.1) is 11.3 Å². The van der Waals surface area contributed by atoms with E-state index < -0.39 is 0 Å². The Balaban J connectivity index is 2.15. The van der Waals surface area contributed by atoms with Crippen molar-refractivity contribution in [1.29, 1.82) is 0 Å². The maximum Gasteiger partial charge on any atom is 0.254 e. The lowest BCUT2D eigenvalue weighted by Crippen LogP contribution is -2.26. The molecule has 4 nitrogen and oxygen atoms in total. The van der Waals surface area contributed by atoms with Crippen molar-refractivity contribution in [1.82, 2.24) is 14.9 Å². The molecule has 6 heteroatoms. The zero-order valence-electron chi connectivity index (χ0n) is 11.7. The van der Waals surface area contributed by atoms with Gasteiger partial charge in [0, 0.05) is 23.7 Å². The molecule has 0 aliphatic heterocycles. The highest BCUT2D eigenvalue weighted by Crippen LogP contribution is 2.15. The van der Waals surface area contributed by atoms with Crippen molar-refractivity contribution in [2.45, 2.75) is 26.8 Å². The number of halogens is 1. The van der Waals surface area contributed by atoms with E-state index >= 15 is 0 Å². The van der Waals surface area contributed by atoms with E-state index in [9.17, 15) is 4.79 Å². The molecule has 2 rings (SSSR count). The van der Waals surface area contributed by atoms with E-state index in [1.807, 2.05) is 19.2 Å². The average Bonchev–Trinajstić information content (AvgIpc) is 2.82. The molecular weight excluding hydrogens is 294 g/mol. The summed E-state index contributed by atoms with van der Waals surface area (Å²) in [7, 11) is 1.76. The summed E-state index contributed by atoms with van der Waals surface area (Å²) in [4.78, 5) is 22.6. The van der Waals surface area contributed by atoms with Gasteiger partial charge in [0.2, 0.25) is 0 Å². The van der Waals surface area contributed by atoms with Crippen molar-refractivity contribution < 1.29 is 4.79 Å². The average molecular weight is 310 g/mol. The second-order valence-electron chi connectivity index (χ2n) is 4.54. The third-order valence-corrected chi connectivity index (χ3v) is 3.88. The van der Waals surface area contributed by atoms with Gasteiger partial charge < -0.3 is 4.90 Å². The van der Waals surface area contributed by atoms with E-state index in [0.29, 0.717) is 17.3 Å². The molecule has 0 fully saturated rings. The van der Waals surface area contributed by atoms with Gasteiger partial charge in [0.25, 0.3) is 5.91 Å². The molecule has 0 aliphatic carbocycles. The maximum atomic E-state index is 12.4. The fraction of sp³-hybridized carbons (Fsp3) is 0.357. The van der Waals surface area contributed by atoms with Crippen LogP contribution in [0.2, 0.25) is 5.15 Å². The molecular formula is C14H16ClN3OS. The molecule has 0 aromatic carbocycles. The van der Waals surface area contributed by atoms with E-state index in [0.717, 1.165) is 22.8 Å². The number of nitrogens with zero attached hydrogens (tertiary/aromatic N) is 3. The number of carbonyl (C=O) groups is 1. The molecule has 2 aromatic heterocycles. The summed E-state index contributed by atoms with van der Waals surface area (Å²) in [5.41, 5.74) is 2.29. The van der Waals surface area contributed by atoms with Crippen LogP contribution in [0.25, 0.3) is 0 Å². The van der Waals surface area contributed by atoms with Gasteiger partial charge in [-0.05, 0) is 25.5 Å². The van der Waals surface area contributed by atoms with Crippen LogP contribution in [0.4, 0.5) is 0 Å². The number of hydrogen-bond donors (Lipinski definition) is 0. The zero-order chi connectivity index (χ0) is 14.7. The van der Waals surface area contributed by atoms with Gasteiger partial charge in [0.1, 0.15) is 5.15 Å².